The minimum atomic E-state index is 0.776. The minimum Gasteiger partial charge on any atom is -0.356 e. The minimum absolute atomic E-state index is 0.776. The van der Waals surface area contributed by atoms with Crippen molar-refractivity contribution in [2.45, 2.75) is 33.4 Å². The van der Waals surface area contributed by atoms with Gasteiger partial charge in [0.1, 0.15) is 0 Å². The first-order chi connectivity index (χ1) is 10.7. The summed E-state index contributed by atoms with van der Waals surface area (Å²) in [6.45, 7) is 6.68. The maximum Gasteiger partial charge on any atom is 0.191 e. The molecule has 0 spiro atoms. The first-order valence-corrected chi connectivity index (χ1v) is 7.68. The van der Waals surface area contributed by atoms with E-state index in [4.69, 9.17) is 0 Å². The summed E-state index contributed by atoms with van der Waals surface area (Å²) in [5.41, 5.74) is 3.53. The Labute approximate surface area is 132 Å². The fourth-order valence-corrected chi connectivity index (χ4v) is 2.34. The lowest BCUT2D eigenvalue weighted by atomic mass is 10.2. The van der Waals surface area contributed by atoms with Crippen LogP contribution in [0.3, 0.4) is 0 Å². The van der Waals surface area contributed by atoms with Crippen molar-refractivity contribution in [1.29, 1.82) is 0 Å². The zero-order valence-corrected chi connectivity index (χ0v) is 13.6. The predicted octanol–water partition coefficient (Wildman–Crippen LogP) is 2.26. The van der Waals surface area contributed by atoms with E-state index in [2.05, 4.69) is 50.5 Å². The van der Waals surface area contributed by atoms with E-state index in [-0.39, 0.29) is 0 Å². The molecule has 2 aromatic rings. The van der Waals surface area contributed by atoms with Gasteiger partial charge in [0, 0.05) is 32.4 Å². The third-order valence-electron chi connectivity index (χ3n) is 3.47. The number of nitrogens with one attached hydrogen (secondary N) is 2. The lowest BCUT2D eigenvalue weighted by Gasteiger charge is -2.12. The molecular weight excluding hydrogens is 274 g/mol. The molecule has 5 nitrogen and oxygen atoms in total. The number of nitrogens with zero attached hydrogens (tertiary/aromatic N) is 3. The molecule has 0 bridgehead atoms. The van der Waals surface area contributed by atoms with Gasteiger partial charge in [-0.1, -0.05) is 30.3 Å². The number of benzene rings is 1. The fraction of sp³-hybridized carbons (Fsp3) is 0.412. The van der Waals surface area contributed by atoms with E-state index >= 15 is 0 Å². The molecule has 22 heavy (non-hydrogen) atoms. The van der Waals surface area contributed by atoms with Gasteiger partial charge in [0.2, 0.25) is 0 Å². The van der Waals surface area contributed by atoms with Crippen molar-refractivity contribution in [1.82, 2.24) is 20.4 Å². The highest BCUT2D eigenvalue weighted by Crippen LogP contribution is 2.02. The van der Waals surface area contributed by atoms with Crippen molar-refractivity contribution in [3.05, 3.63) is 53.3 Å². The third kappa shape index (κ3) is 4.91. The van der Waals surface area contributed by atoms with Crippen LogP contribution in [0.4, 0.5) is 0 Å². The van der Waals surface area contributed by atoms with Crippen molar-refractivity contribution in [2.75, 3.05) is 13.6 Å². The molecule has 1 aromatic carbocycles. The molecule has 0 atom stereocenters. The summed E-state index contributed by atoms with van der Waals surface area (Å²) in [5.74, 6) is 0.831. The van der Waals surface area contributed by atoms with Crippen molar-refractivity contribution in [3.8, 4) is 0 Å². The Kier molecular flexibility index (Phi) is 6.01. The Morgan fingerprint density at radius 1 is 1.18 bits per heavy atom. The molecule has 0 unspecified atom stereocenters. The number of rotatable bonds is 6. The second-order valence-corrected chi connectivity index (χ2v) is 5.34. The van der Waals surface area contributed by atoms with Gasteiger partial charge in [-0.3, -0.25) is 9.67 Å². The van der Waals surface area contributed by atoms with Crippen LogP contribution in [0.5, 0.6) is 0 Å². The van der Waals surface area contributed by atoms with E-state index in [9.17, 15) is 0 Å². The van der Waals surface area contributed by atoms with Gasteiger partial charge in [0.05, 0.1) is 5.69 Å². The monoisotopic (exact) mass is 299 g/mol. The van der Waals surface area contributed by atoms with E-state index < -0.39 is 0 Å². The quantitative estimate of drug-likeness (QED) is 0.489. The molecule has 0 saturated carbocycles. The molecule has 2 N–H and O–H groups in total. The van der Waals surface area contributed by atoms with Crippen LogP contribution in [0, 0.1) is 13.8 Å². The van der Waals surface area contributed by atoms with Crippen LogP contribution in [0.15, 0.2) is 41.4 Å². The summed E-state index contributed by atoms with van der Waals surface area (Å²) in [7, 11) is 1.79. The van der Waals surface area contributed by atoms with Gasteiger partial charge in [-0.15, -0.1) is 0 Å². The number of guanidine groups is 1. The highest BCUT2D eigenvalue weighted by atomic mass is 15.3. The second kappa shape index (κ2) is 8.22. The summed E-state index contributed by atoms with van der Waals surface area (Å²) in [6, 6.07) is 12.4. The smallest absolute Gasteiger partial charge is 0.191 e. The Hall–Kier alpha value is -2.30. The number of hydrogen-bond donors (Lipinski definition) is 2. The zero-order valence-electron chi connectivity index (χ0n) is 13.6. The third-order valence-corrected chi connectivity index (χ3v) is 3.47. The molecule has 0 amide bonds. The average Bonchev–Trinajstić information content (AvgIpc) is 2.85. The van der Waals surface area contributed by atoms with Gasteiger partial charge in [0.25, 0.3) is 0 Å². The van der Waals surface area contributed by atoms with Crippen molar-refractivity contribution in [3.63, 3.8) is 0 Å². The lowest BCUT2D eigenvalue weighted by molar-refractivity contribution is 0.555. The molecule has 0 aliphatic rings. The van der Waals surface area contributed by atoms with Gasteiger partial charge < -0.3 is 10.6 Å². The molecule has 0 radical (unpaired) electrons. The second-order valence-electron chi connectivity index (χ2n) is 5.34. The highest BCUT2D eigenvalue weighted by Gasteiger charge is 2.01. The van der Waals surface area contributed by atoms with E-state index in [1.54, 1.807) is 7.05 Å². The van der Waals surface area contributed by atoms with E-state index in [1.807, 2.05) is 25.1 Å². The molecular formula is C17H25N5. The van der Waals surface area contributed by atoms with Crippen LogP contribution in [-0.4, -0.2) is 29.3 Å². The molecule has 118 valence electrons. The van der Waals surface area contributed by atoms with Crippen LogP contribution >= 0.6 is 0 Å². The van der Waals surface area contributed by atoms with Crippen LogP contribution < -0.4 is 10.6 Å². The zero-order chi connectivity index (χ0) is 15.8. The lowest BCUT2D eigenvalue weighted by Crippen LogP contribution is -2.37. The molecule has 0 saturated heterocycles. The number of aryl methyl sites for hydroxylation is 3. The van der Waals surface area contributed by atoms with Gasteiger partial charge in [0.15, 0.2) is 5.96 Å². The molecule has 0 aliphatic heterocycles. The number of aromatic nitrogens is 2. The number of aliphatic imine (C=N–C) groups is 1. The van der Waals surface area contributed by atoms with Crippen molar-refractivity contribution in [2.24, 2.45) is 4.99 Å². The Bertz CT molecular complexity index is 601. The largest absolute Gasteiger partial charge is 0.356 e. The van der Waals surface area contributed by atoms with E-state index in [0.717, 1.165) is 37.7 Å². The van der Waals surface area contributed by atoms with Gasteiger partial charge in [-0.05, 0) is 31.9 Å². The van der Waals surface area contributed by atoms with E-state index in [0.29, 0.717) is 0 Å². The maximum atomic E-state index is 4.47. The number of hydrogen-bond acceptors (Lipinski definition) is 2. The summed E-state index contributed by atoms with van der Waals surface area (Å²) in [4.78, 5) is 4.24. The van der Waals surface area contributed by atoms with Crippen LogP contribution in [-0.2, 0) is 13.1 Å². The SMILES string of the molecule is CN=C(NCCCn1nc(C)cc1C)NCc1ccccc1. The molecule has 2 rings (SSSR count). The summed E-state index contributed by atoms with van der Waals surface area (Å²) in [6.07, 6.45) is 1.01. The Morgan fingerprint density at radius 3 is 2.59 bits per heavy atom. The Balaban J connectivity index is 1.69. The van der Waals surface area contributed by atoms with Crippen molar-refractivity contribution >= 4 is 5.96 Å². The summed E-state index contributed by atoms with van der Waals surface area (Å²) >= 11 is 0. The molecule has 0 fully saturated rings. The summed E-state index contributed by atoms with van der Waals surface area (Å²) < 4.78 is 2.05. The maximum absolute atomic E-state index is 4.47. The molecule has 0 aliphatic carbocycles. The molecule has 1 aromatic heterocycles. The topological polar surface area (TPSA) is 54.2 Å². The average molecular weight is 299 g/mol. The first kappa shape index (κ1) is 16.1. The Morgan fingerprint density at radius 2 is 1.95 bits per heavy atom. The van der Waals surface area contributed by atoms with Crippen LogP contribution in [0.25, 0.3) is 0 Å². The fourth-order valence-electron chi connectivity index (χ4n) is 2.34. The normalized spacial score (nSPS) is 11.5. The molecule has 1 heterocycles. The first-order valence-electron chi connectivity index (χ1n) is 7.68. The highest BCUT2D eigenvalue weighted by molar-refractivity contribution is 5.79. The van der Waals surface area contributed by atoms with Crippen LogP contribution in [0.2, 0.25) is 0 Å². The van der Waals surface area contributed by atoms with Crippen molar-refractivity contribution < 1.29 is 0 Å². The molecule has 5 heteroatoms. The standard InChI is InChI=1S/C17H25N5/c1-14-12-15(2)22(21-14)11-7-10-19-17(18-3)20-13-16-8-5-4-6-9-16/h4-6,8-9,12H,7,10-11,13H2,1-3H3,(H2,18,19,20). The van der Waals surface area contributed by atoms with Gasteiger partial charge in [-0.2, -0.15) is 5.10 Å². The van der Waals surface area contributed by atoms with Gasteiger partial charge in [-0.25, -0.2) is 0 Å². The summed E-state index contributed by atoms with van der Waals surface area (Å²) in [5, 5.41) is 11.1. The van der Waals surface area contributed by atoms with Gasteiger partial charge >= 0.3 is 0 Å². The van der Waals surface area contributed by atoms with Crippen LogP contribution in [0.1, 0.15) is 23.4 Å². The predicted molar refractivity (Wildman–Crippen MR) is 91.0 cm³/mol. The van der Waals surface area contributed by atoms with E-state index in [1.165, 1.54) is 11.3 Å².